The second kappa shape index (κ2) is 3.73. The third kappa shape index (κ3) is 1.65. The molecule has 16 heavy (non-hydrogen) atoms. The predicted molar refractivity (Wildman–Crippen MR) is 54.9 cm³/mol. The quantitative estimate of drug-likeness (QED) is 0.577. The molecule has 0 saturated carbocycles. The van der Waals surface area contributed by atoms with Gasteiger partial charge in [-0.25, -0.2) is 9.07 Å². The lowest BCUT2D eigenvalue weighted by atomic mass is 10.2. The van der Waals surface area contributed by atoms with Crippen molar-refractivity contribution in [3.05, 3.63) is 52.1 Å². The molecule has 1 heterocycles. The molecule has 0 spiro atoms. The summed E-state index contributed by atoms with van der Waals surface area (Å²) >= 11 is 0. The van der Waals surface area contributed by atoms with Crippen molar-refractivity contribution in [1.82, 2.24) is 9.78 Å². The molecule has 1 aromatic heterocycles. The molecule has 0 bridgehead atoms. The minimum atomic E-state index is -0.625. The third-order valence-corrected chi connectivity index (χ3v) is 2.20. The number of benzene rings is 1. The van der Waals surface area contributed by atoms with E-state index in [1.165, 1.54) is 16.9 Å². The fraction of sp³-hybridized carbons (Fsp3) is 0.100. The van der Waals surface area contributed by atoms with E-state index >= 15 is 0 Å². The molecule has 0 unspecified atom stereocenters. The van der Waals surface area contributed by atoms with E-state index in [9.17, 15) is 14.5 Å². The van der Waals surface area contributed by atoms with Crippen molar-refractivity contribution in [1.29, 1.82) is 0 Å². The monoisotopic (exact) mass is 221 g/mol. The van der Waals surface area contributed by atoms with Gasteiger partial charge >= 0.3 is 0 Å². The molecule has 1 aromatic carbocycles. The van der Waals surface area contributed by atoms with Crippen molar-refractivity contribution in [3.8, 4) is 5.69 Å². The summed E-state index contributed by atoms with van der Waals surface area (Å²) in [5.41, 5.74) is 0.303. The van der Waals surface area contributed by atoms with Crippen molar-refractivity contribution in [2.24, 2.45) is 0 Å². The average molecular weight is 221 g/mol. The van der Waals surface area contributed by atoms with Crippen LogP contribution in [0.1, 0.15) is 5.56 Å². The Morgan fingerprint density at radius 1 is 1.50 bits per heavy atom. The number of aryl methyl sites for hydroxylation is 1. The summed E-state index contributed by atoms with van der Waals surface area (Å²) in [5, 5.41) is 14.7. The Morgan fingerprint density at radius 3 is 2.81 bits per heavy atom. The van der Waals surface area contributed by atoms with Gasteiger partial charge in [-0.3, -0.25) is 10.1 Å². The number of nitrogens with zero attached hydrogens (tertiary/aromatic N) is 3. The summed E-state index contributed by atoms with van der Waals surface area (Å²) in [5.74, 6) is -0.595. The van der Waals surface area contributed by atoms with Crippen LogP contribution in [0.25, 0.3) is 5.69 Å². The second-order valence-corrected chi connectivity index (χ2v) is 3.30. The molecule has 0 atom stereocenters. The zero-order valence-electron chi connectivity index (χ0n) is 8.42. The number of aromatic nitrogens is 2. The largest absolute Gasteiger partial charge is 0.297 e. The van der Waals surface area contributed by atoms with E-state index < -0.39 is 10.7 Å². The van der Waals surface area contributed by atoms with Crippen LogP contribution in [0.3, 0.4) is 0 Å². The van der Waals surface area contributed by atoms with Crippen LogP contribution in [-0.4, -0.2) is 14.7 Å². The number of hydrogen-bond donors (Lipinski definition) is 0. The molecule has 0 radical (unpaired) electrons. The first kappa shape index (κ1) is 10.3. The zero-order valence-corrected chi connectivity index (χ0v) is 8.42. The highest BCUT2D eigenvalue weighted by molar-refractivity contribution is 5.54. The van der Waals surface area contributed by atoms with Gasteiger partial charge in [0.2, 0.25) is 0 Å². The Kier molecular flexibility index (Phi) is 2.40. The van der Waals surface area contributed by atoms with Gasteiger partial charge in [-0.05, 0) is 24.6 Å². The Labute approximate surface area is 90.3 Å². The van der Waals surface area contributed by atoms with Gasteiger partial charge in [0.15, 0.2) is 0 Å². The number of nitro groups is 1. The number of nitro benzene ring substituents is 1. The molecule has 0 aliphatic carbocycles. The maximum absolute atomic E-state index is 13.2. The highest BCUT2D eigenvalue weighted by atomic mass is 19.1. The van der Waals surface area contributed by atoms with Crippen molar-refractivity contribution >= 4 is 5.69 Å². The van der Waals surface area contributed by atoms with Gasteiger partial charge in [0.05, 0.1) is 11.0 Å². The molecule has 82 valence electrons. The van der Waals surface area contributed by atoms with Crippen LogP contribution in [0.4, 0.5) is 10.1 Å². The third-order valence-electron chi connectivity index (χ3n) is 2.20. The predicted octanol–water partition coefficient (Wildman–Crippen LogP) is 2.23. The van der Waals surface area contributed by atoms with Crippen molar-refractivity contribution in [2.45, 2.75) is 6.92 Å². The molecular formula is C10H8FN3O2. The molecule has 0 aliphatic rings. The van der Waals surface area contributed by atoms with E-state index in [1.54, 1.807) is 19.2 Å². The van der Waals surface area contributed by atoms with E-state index in [0.29, 0.717) is 5.56 Å². The SMILES string of the molecule is Cc1cc(-n2cccn2)c([N+](=O)[O-])cc1F. The average Bonchev–Trinajstić information content (AvgIpc) is 2.74. The van der Waals surface area contributed by atoms with Gasteiger partial charge < -0.3 is 0 Å². The van der Waals surface area contributed by atoms with Gasteiger partial charge in [-0.2, -0.15) is 5.10 Å². The van der Waals surface area contributed by atoms with Gasteiger partial charge in [0.25, 0.3) is 5.69 Å². The van der Waals surface area contributed by atoms with Crippen LogP contribution in [0, 0.1) is 22.9 Å². The Morgan fingerprint density at radius 2 is 2.25 bits per heavy atom. The minimum absolute atomic E-state index is 0.258. The Bertz CT molecular complexity index is 537. The fourth-order valence-corrected chi connectivity index (χ4v) is 1.40. The first-order valence-corrected chi connectivity index (χ1v) is 4.54. The summed E-state index contributed by atoms with van der Waals surface area (Å²) in [6, 6.07) is 3.95. The molecule has 2 rings (SSSR count). The summed E-state index contributed by atoms with van der Waals surface area (Å²) < 4.78 is 14.6. The molecule has 0 fully saturated rings. The highest BCUT2D eigenvalue weighted by Crippen LogP contribution is 2.25. The standard InChI is InChI=1S/C10H8FN3O2/c1-7-5-9(13-4-2-3-12-13)10(14(15)16)6-8(7)11/h2-6H,1H3. The number of rotatable bonds is 2. The lowest BCUT2D eigenvalue weighted by Gasteiger charge is -2.04. The maximum atomic E-state index is 13.2. The first-order valence-electron chi connectivity index (χ1n) is 4.54. The van der Waals surface area contributed by atoms with E-state index in [1.807, 2.05) is 0 Å². The van der Waals surface area contributed by atoms with E-state index in [4.69, 9.17) is 0 Å². The molecule has 6 heteroatoms. The summed E-state index contributed by atoms with van der Waals surface area (Å²) in [6.07, 6.45) is 3.07. The lowest BCUT2D eigenvalue weighted by Crippen LogP contribution is -2.02. The lowest BCUT2D eigenvalue weighted by molar-refractivity contribution is -0.384. The smallest absolute Gasteiger partial charge is 0.258 e. The van der Waals surface area contributed by atoms with Gasteiger partial charge in [0.1, 0.15) is 11.5 Å². The number of hydrogen-bond acceptors (Lipinski definition) is 3. The van der Waals surface area contributed by atoms with Crippen molar-refractivity contribution in [2.75, 3.05) is 0 Å². The Hall–Kier alpha value is -2.24. The molecular weight excluding hydrogens is 213 g/mol. The second-order valence-electron chi connectivity index (χ2n) is 3.30. The minimum Gasteiger partial charge on any atom is -0.258 e. The van der Waals surface area contributed by atoms with Gasteiger partial charge in [-0.1, -0.05) is 0 Å². The first-order chi connectivity index (χ1) is 7.59. The van der Waals surface area contributed by atoms with Crippen LogP contribution >= 0.6 is 0 Å². The van der Waals surface area contributed by atoms with Crippen molar-refractivity contribution < 1.29 is 9.31 Å². The molecule has 2 aromatic rings. The van der Waals surface area contributed by atoms with Gasteiger partial charge in [0, 0.05) is 12.4 Å². The van der Waals surface area contributed by atoms with Crippen molar-refractivity contribution in [3.63, 3.8) is 0 Å². The van der Waals surface area contributed by atoms with Crippen LogP contribution in [0.15, 0.2) is 30.6 Å². The molecule has 0 N–H and O–H groups in total. The zero-order chi connectivity index (χ0) is 11.7. The van der Waals surface area contributed by atoms with Crippen LogP contribution in [0.2, 0.25) is 0 Å². The summed E-state index contributed by atoms with van der Waals surface area (Å²) in [4.78, 5) is 10.2. The fourth-order valence-electron chi connectivity index (χ4n) is 1.40. The summed E-state index contributed by atoms with van der Waals surface area (Å²) in [7, 11) is 0. The number of halogens is 1. The summed E-state index contributed by atoms with van der Waals surface area (Å²) in [6.45, 7) is 1.55. The molecule has 0 amide bonds. The highest BCUT2D eigenvalue weighted by Gasteiger charge is 2.18. The van der Waals surface area contributed by atoms with Crippen LogP contribution in [-0.2, 0) is 0 Å². The molecule has 5 nitrogen and oxygen atoms in total. The topological polar surface area (TPSA) is 61.0 Å². The van der Waals surface area contributed by atoms with E-state index in [-0.39, 0.29) is 11.4 Å². The molecule has 0 aliphatic heterocycles. The van der Waals surface area contributed by atoms with Crippen LogP contribution in [0.5, 0.6) is 0 Å². The van der Waals surface area contributed by atoms with E-state index in [2.05, 4.69) is 5.10 Å². The maximum Gasteiger partial charge on any atom is 0.297 e. The molecule has 0 saturated heterocycles. The van der Waals surface area contributed by atoms with Gasteiger partial charge in [-0.15, -0.1) is 0 Å². The Balaban J connectivity index is 2.68. The van der Waals surface area contributed by atoms with E-state index in [0.717, 1.165) is 6.07 Å². The van der Waals surface area contributed by atoms with Crippen LogP contribution < -0.4 is 0 Å². The normalized spacial score (nSPS) is 10.4.